The quantitative estimate of drug-likeness (QED) is 0.506. The van der Waals surface area contributed by atoms with Crippen molar-refractivity contribution >= 4 is 28.5 Å². The number of carboxylic acid groups (broad SMARTS) is 1. The summed E-state index contributed by atoms with van der Waals surface area (Å²) in [6.45, 7) is 0.252. The summed E-state index contributed by atoms with van der Waals surface area (Å²) in [6, 6.07) is 7.62. The number of carbonyl (C=O) groups is 2. The van der Waals surface area contributed by atoms with Crippen molar-refractivity contribution in [3.05, 3.63) is 59.8 Å². The fourth-order valence-electron chi connectivity index (χ4n) is 2.16. The van der Waals surface area contributed by atoms with Crippen molar-refractivity contribution in [1.82, 2.24) is 9.97 Å². The molecule has 1 aromatic carbocycles. The molecule has 7 nitrogen and oxygen atoms in total. The highest BCUT2D eigenvalue weighted by molar-refractivity contribution is 6.08. The molecule has 1 amide bonds. The zero-order valence-electron chi connectivity index (χ0n) is 14.0. The molecule has 0 bridgehead atoms. The lowest BCUT2D eigenvalue weighted by Crippen LogP contribution is -2.21. The van der Waals surface area contributed by atoms with Crippen LogP contribution >= 0.6 is 0 Å². The Morgan fingerprint density at radius 3 is 2.50 bits per heavy atom. The van der Waals surface area contributed by atoms with Crippen LogP contribution in [-0.4, -0.2) is 33.1 Å². The second kappa shape index (κ2) is 8.48. The molecule has 3 rings (SSSR count). The van der Waals surface area contributed by atoms with Gasteiger partial charge in [-0.15, -0.1) is 0 Å². The van der Waals surface area contributed by atoms with Gasteiger partial charge in [0.05, 0.1) is 16.9 Å². The van der Waals surface area contributed by atoms with Gasteiger partial charge in [0.1, 0.15) is 5.82 Å². The summed E-state index contributed by atoms with van der Waals surface area (Å²) in [5.41, 5.74) is 7.62. The normalized spacial score (nSPS) is 10.9. The molecule has 0 atom stereocenters. The molecule has 0 aliphatic rings. The zero-order valence-corrected chi connectivity index (χ0v) is 14.0. The molecule has 3 aromatic rings. The van der Waals surface area contributed by atoms with E-state index in [0.29, 0.717) is 27.8 Å². The van der Waals surface area contributed by atoms with E-state index >= 15 is 0 Å². The Hall–Kier alpha value is -3.47. The number of aromatic amines is 1. The van der Waals surface area contributed by atoms with Gasteiger partial charge in [-0.3, -0.25) is 9.78 Å². The Labute approximate surface area is 155 Å². The molecule has 11 heteroatoms. The summed E-state index contributed by atoms with van der Waals surface area (Å²) >= 11 is 0. The number of nitrogens with one attached hydrogen (secondary N) is 2. The first-order chi connectivity index (χ1) is 13.1. The van der Waals surface area contributed by atoms with Gasteiger partial charge in [-0.2, -0.15) is 13.2 Å². The molecule has 2 heterocycles. The summed E-state index contributed by atoms with van der Waals surface area (Å²) in [7, 11) is 0. The number of fused-ring (bicyclic) bond motifs is 1. The second-order valence-electron chi connectivity index (χ2n) is 5.39. The van der Waals surface area contributed by atoms with E-state index in [4.69, 9.17) is 15.6 Å². The van der Waals surface area contributed by atoms with Crippen LogP contribution in [0.25, 0.3) is 10.9 Å². The van der Waals surface area contributed by atoms with Crippen LogP contribution in [0.2, 0.25) is 0 Å². The van der Waals surface area contributed by atoms with E-state index in [-0.39, 0.29) is 12.5 Å². The molecule has 0 aliphatic heterocycles. The SMILES string of the molecule is NCc1cc(C(=O)Nc2cc(F)cc3cc[nH]c23)ccn1.O=C(O)C(F)(F)F. The molecular formula is C17H14F4N4O3. The minimum absolute atomic E-state index is 0.252. The predicted molar refractivity (Wildman–Crippen MR) is 92.0 cm³/mol. The molecule has 5 N–H and O–H groups in total. The number of nitrogens with zero attached hydrogens (tertiary/aromatic N) is 1. The number of carbonyl (C=O) groups excluding carboxylic acids is 1. The number of benzene rings is 1. The third-order valence-corrected chi connectivity index (χ3v) is 3.40. The van der Waals surface area contributed by atoms with Gasteiger partial charge in [-0.1, -0.05) is 0 Å². The summed E-state index contributed by atoms with van der Waals surface area (Å²) < 4.78 is 45.3. The van der Waals surface area contributed by atoms with E-state index in [1.165, 1.54) is 18.3 Å². The number of nitrogens with two attached hydrogens (primary N) is 1. The van der Waals surface area contributed by atoms with Gasteiger partial charge in [0.2, 0.25) is 0 Å². The van der Waals surface area contributed by atoms with E-state index in [2.05, 4.69) is 15.3 Å². The molecular weight excluding hydrogens is 384 g/mol. The fourth-order valence-corrected chi connectivity index (χ4v) is 2.16. The Morgan fingerprint density at radius 1 is 1.21 bits per heavy atom. The molecule has 148 valence electrons. The number of amides is 1. The minimum Gasteiger partial charge on any atom is -0.475 e. The van der Waals surface area contributed by atoms with E-state index in [1.54, 1.807) is 24.4 Å². The Morgan fingerprint density at radius 2 is 1.89 bits per heavy atom. The number of aromatic nitrogens is 2. The van der Waals surface area contributed by atoms with Crippen LogP contribution in [0, 0.1) is 5.82 Å². The number of alkyl halides is 3. The number of anilines is 1. The zero-order chi connectivity index (χ0) is 20.9. The fraction of sp³-hybridized carbons (Fsp3) is 0.118. The van der Waals surface area contributed by atoms with Crippen molar-refractivity contribution in [2.24, 2.45) is 5.73 Å². The lowest BCUT2D eigenvalue weighted by Gasteiger charge is -2.08. The van der Waals surface area contributed by atoms with E-state index < -0.39 is 18.0 Å². The van der Waals surface area contributed by atoms with E-state index in [0.717, 1.165) is 0 Å². The predicted octanol–water partition coefficient (Wildman–Crippen LogP) is 3.05. The Kier molecular flexibility index (Phi) is 6.31. The molecule has 28 heavy (non-hydrogen) atoms. The van der Waals surface area contributed by atoms with Crippen LogP contribution in [0.4, 0.5) is 23.2 Å². The number of carboxylic acids is 1. The minimum atomic E-state index is -5.08. The first-order valence-electron chi connectivity index (χ1n) is 7.65. The summed E-state index contributed by atoms with van der Waals surface area (Å²) in [5.74, 6) is -3.50. The highest BCUT2D eigenvalue weighted by atomic mass is 19.4. The topological polar surface area (TPSA) is 121 Å². The number of rotatable bonds is 3. The third-order valence-electron chi connectivity index (χ3n) is 3.40. The van der Waals surface area contributed by atoms with Gasteiger partial charge < -0.3 is 21.1 Å². The number of pyridine rings is 1. The third kappa shape index (κ3) is 5.27. The number of hydrogen-bond acceptors (Lipinski definition) is 4. The number of halogens is 4. The Balaban J connectivity index is 0.000000345. The maximum atomic E-state index is 13.6. The van der Waals surface area contributed by atoms with Crippen LogP contribution in [0.15, 0.2) is 42.7 Å². The van der Waals surface area contributed by atoms with Gasteiger partial charge in [0.25, 0.3) is 5.91 Å². The first kappa shape index (κ1) is 20.8. The van der Waals surface area contributed by atoms with Crippen molar-refractivity contribution in [2.45, 2.75) is 12.7 Å². The molecule has 0 fully saturated rings. The first-order valence-corrected chi connectivity index (χ1v) is 7.65. The van der Waals surface area contributed by atoms with Crippen molar-refractivity contribution < 1.29 is 32.3 Å². The standard InChI is InChI=1S/C15H13FN4O.C2HF3O2/c16-11-5-9-1-4-19-14(9)13(7-11)20-15(21)10-2-3-18-12(6-10)8-17;3-2(4,5)1(6)7/h1-7,19H,8,17H2,(H,20,21);(H,6,7). The number of H-pyrrole nitrogens is 1. The average molecular weight is 398 g/mol. The maximum Gasteiger partial charge on any atom is 0.490 e. The van der Waals surface area contributed by atoms with Crippen LogP contribution in [0.3, 0.4) is 0 Å². The summed E-state index contributed by atoms with van der Waals surface area (Å²) in [6.07, 6.45) is -1.87. The molecule has 0 radical (unpaired) electrons. The van der Waals surface area contributed by atoms with Gasteiger partial charge in [0, 0.05) is 29.9 Å². The van der Waals surface area contributed by atoms with Crippen LogP contribution in [0.1, 0.15) is 16.1 Å². The van der Waals surface area contributed by atoms with E-state index in [9.17, 15) is 22.4 Å². The second-order valence-corrected chi connectivity index (χ2v) is 5.39. The van der Waals surface area contributed by atoms with Gasteiger partial charge in [-0.25, -0.2) is 9.18 Å². The van der Waals surface area contributed by atoms with E-state index in [1.807, 2.05) is 0 Å². The van der Waals surface area contributed by atoms with Crippen molar-refractivity contribution in [3.63, 3.8) is 0 Å². The molecule has 0 aliphatic carbocycles. The smallest absolute Gasteiger partial charge is 0.475 e. The largest absolute Gasteiger partial charge is 0.490 e. The molecule has 0 saturated carbocycles. The number of hydrogen-bond donors (Lipinski definition) is 4. The molecule has 2 aromatic heterocycles. The van der Waals surface area contributed by atoms with Crippen molar-refractivity contribution in [1.29, 1.82) is 0 Å². The highest BCUT2D eigenvalue weighted by Gasteiger charge is 2.38. The maximum absolute atomic E-state index is 13.6. The van der Waals surface area contributed by atoms with Crippen LogP contribution in [0.5, 0.6) is 0 Å². The van der Waals surface area contributed by atoms with Gasteiger partial charge >= 0.3 is 12.1 Å². The lowest BCUT2D eigenvalue weighted by atomic mass is 10.2. The average Bonchev–Trinajstić information content (AvgIpc) is 3.10. The molecule has 0 saturated heterocycles. The van der Waals surface area contributed by atoms with Crippen molar-refractivity contribution in [3.8, 4) is 0 Å². The monoisotopic (exact) mass is 398 g/mol. The molecule has 0 unspecified atom stereocenters. The number of aliphatic carboxylic acids is 1. The van der Waals surface area contributed by atoms with Crippen LogP contribution in [-0.2, 0) is 11.3 Å². The van der Waals surface area contributed by atoms with Crippen molar-refractivity contribution in [2.75, 3.05) is 5.32 Å². The summed E-state index contributed by atoms with van der Waals surface area (Å²) in [4.78, 5) is 28.2. The summed E-state index contributed by atoms with van der Waals surface area (Å²) in [5, 5.41) is 10.5. The highest BCUT2D eigenvalue weighted by Crippen LogP contribution is 2.24. The lowest BCUT2D eigenvalue weighted by molar-refractivity contribution is -0.192. The van der Waals surface area contributed by atoms with Gasteiger partial charge in [-0.05, 0) is 30.3 Å². The molecule has 0 spiro atoms. The van der Waals surface area contributed by atoms with Crippen LogP contribution < -0.4 is 11.1 Å². The van der Waals surface area contributed by atoms with Gasteiger partial charge in [0.15, 0.2) is 0 Å². The Bertz CT molecular complexity index is 1000.